The summed E-state index contributed by atoms with van der Waals surface area (Å²) in [5, 5.41) is 0. The molecule has 166 valence electrons. The second-order valence-corrected chi connectivity index (χ2v) is 12.1. The number of Topliss-reactive ketones (excluding diaryl/α,β-unsaturated/α-hetero) is 1. The highest BCUT2D eigenvalue weighted by Crippen LogP contribution is 2.65. The average Bonchev–Trinajstić information content (AvgIpc) is 3.06. The second kappa shape index (κ2) is 7.79. The van der Waals surface area contributed by atoms with E-state index < -0.39 is 0 Å². The molecule has 4 aliphatic rings. The Hall–Kier alpha value is -1.11. The van der Waals surface area contributed by atoms with Crippen LogP contribution in [0.5, 0.6) is 0 Å². The van der Waals surface area contributed by atoms with Gasteiger partial charge in [0.05, 0.1) is 0 Å². The molecular formula is C29H44O. The summed E-state index contributed by atoms with van der Waals surface area (Å²) in [6.07, 6.45) is 14.6. The number of rotatable bonds is 5. The normalized spacial score (nSPS) is 41.5. The SMILES string of the molecule is C=C(CC[C@@H](C)[C@H]1CC[C@H]2C3=CC[C@H]4[C@H](C)C(=O)CC[C@]4(C)C3=CC[C@]12C)C(C)C. The summed E-state index contributed by atoms with van der Waals surface area (Å²) >= 11 is 0. The maximum absolute atomic E-state index is 12.4. The maximum Gasteiger partial charge on any atom is 0.136 e. The van der Waals surface area contributed by atoms with E-state index in [1.165, 1.54) is 37.7 Å². The molecule has 1 heteroatoms. The topological polar surface area (TPSA) is 17.1 Å². The van der Waals surface area contributed by atoms with Crippen molar-refractivity contribution < 1.29 is 4.79 Å². The molecule has 1 nitrogen and oxygen atoms in total. The van der Waals surface area contributed by atoms with Gasteiger partial charge < -0.3 is 0 Å². The molecule has 0 aliphatic heterocycles. The van der Waals surface area contributed by atoms with Crippen LogP contribution in [0.4, 0.5) is 0 Å². The first kappa shape index (κ1) is 22.1. The summed E-state index contributed by atoms with van der Waals surface area (Å²) in [6.45, 7) is 18.6. The van der Waals surface area contributed by atoms with Crippen molar-refractivity contribution in [3.63, 3.8) is 0 Å². The Bertz CT molecular complexity index is 782. The zero-order valence-electron chi connectivity index (χ0n) is 20.4. The molecule has 0 radical (unpaired) electrons. The fourth-order valence-electron chi connectivity index (χ4n) is 7.97. The minimum atomic E-state index is 0.220. The van der Waals surface area contributed by atoms with E-state index >= 15 is 0 Å². The molecule has 4 rings (SSSR count). The van der Waals surface area contributed by atoms with Crippen LogP contribution in [-0.2, 0) is 4.79 Å². The molecule has 30 heavy (non-hydrogen) atoms. The molecule has 0 aromatic heterocycles. The Morgan fingerprint density at radius 3 is 2.63 bits per heavy atom. The molecule has 0 N–H and O–H groups in total. The van der Waals surface area contributed by atoms with Gasteiger partial charge in [0.25, 0.3) is 0 Å². The number of hydrogen-bond acceptors (Lipinski definition) is 1. The third kappa shape index (κ3) is 3.30. The van der Waals surface area contributed by atoms with Crippen molar-refractivity contribution in [3.05, 3.63) is 35.5 Å². The number of fused-ring (bicyclic) bond motifs is 5. The monoisotopic (exact) mass is 408 g/mol. The highest BCUT2D eigenvalue weighted by Gasteiger charge is 2.56. The van der Waals surface area contributed by atoms with E-state index in [1.54, 1.807) is 11.1 Å². The van der Waals surface area contributed by atoms with Gasteiger partial charge >= 0.3 is 0 Å². The summed E-state index contributed by atoms with van der Waals surface area (Å²) in [4.78, 5) is 12.4. The van der Waals surface area contributed by atoms with Crippen LogP contribution in [0.1, 0.15) is 92.9 Å². The van der Waals surface area contributed by atoms with Crippen LogP contribution in [0.15, 0.2) is 35.5 Å². The van der Waals surface area contributed by atoms with Gasteiger partial charge in [0.1, 0.15) is 5.78 Å². The molecule has 0 spiro atoms. The van der Waals surface area contributed by atoms with E-state index in [2.05, 4.69) is 60.3 Å². The lowest BCUT2D eigenvalue weighted by molar-refractivity contribution is -0.129. The maximum atomic E-state index is 12.4. The number of hydrogen-bond donors (Lipinski definition) is 0. The number of carbonyl (C=O) groups is 1. The standard InChI is InChI=1S/C29H44O/c1-18(2)19(3)8-9-20(4)23-12-13-25-22-10-11-24-21(5)27(30)15-17-29(24,7)26(22)14-16-28(23,25)6/h10,14,18,20-21,23-25H,3,8-9,11-13,15-17H2,1-2,4-7H3/t20-,21+,23-,24+,25+,28-,29+/m1/s1. The second-order valence-electron chi connectivity index (χ2n) is 12.1. The van der Waals surface area contributed by atoms with Crippen LogP contribution in [-0.4, -0.2) is 5.78 Å². The summed E-state index contributed by atoms with van der Waals surface area (Å²) in [5.74, 6) is 4.15. The van der Waals surface area contributed by atoms with Gasteiger partial charge in [-0.05, 0) is 96.5 Å². The summed E-state index contributed by atoms with van der Waals surface area (Å²) in [5.41, 5.74) is 5.37. The van der Waals surface area contributed by atoms with E-state index in [-0.39, 0.29) is 11.3 Å². The molecule has 2 saturated carbocycles. The highest BCUT2D eigenvalue weighted by atomic mass is 16.1. The van der Waals surface area contributed by atoms with Gasteiger partial charge in [-0.2, -0.15) is 0 Å². The molecule has 4 aliphatic carbocycles. The predicted octanol–water partition coefficient (Wildman–Crippen LogP) is 7.93. The Morgan fingerprint density at radius 2 is 1.93 bits per heavy atom. The van der Waals surface area contributed by atoms with E-state index in [4.69, 9.17) is 0 Å². The van der Waals surface area contributed by atoms with Gasteiger partial charge in [-0.3, -0.25) is 4.79 Å². The van der Waals surface area contributed by atoms with E-state index in [1.807, 2.05) is 0 Å². The third-order valence-electron chi connectivity index (χ3n) is 10.3. The van der Waals surface area contributed by atoms with Crippen molar-refractivity contribution in [3.8, 4) is 0 Å². The molecule has 0 amide bonds. The Balaban J connectivity index is 1.56. The van der Waals surface area contributed by atoms with E-state index in [0.29, 0.717) is 23.0 Å². The number of allylic oxidation sites excluding steroid dienone is 5. The van der Waals surface area contributed by atoms with Crippen LogP contribution in [0.25, 0.3) is 0 Å². The summed E-state index contributed by atoms with van der Waals surface area (Å²) < 4.78 is 0. The molecule has 0 unspecified atom stereocenters. The Morgan fingerprint density at radius 1 is 1.20 bits per heavy atom. The van der Waals surface area contributed by atoms with Crippen molar-refractivity contribution >= 4 is 5.78 Å². The first-order chi connectivity index (χ1) is 14.1. The molecular weight excluding hydrogens is 364 g/mol. The lowest BCUT2D eigenvalue weighted by atomic mass is 9.50. The van der Waals surface area contributed by atoms with Gasteiger partial charge in [0.15, 0.2) is 0 Å². The summed E-state index contributed by atoms with van der Waals surface area (Å²) in [6, 6.07) is 0. The molecule has 0 heterocycles. The van der Waals surface area contributed by atoms with Crippen molar-refractivity contribution in [2.75, 3.05) is 0 Å². The number of carbonyl (C=O) groups excluding carboxylic acids is 1. The third-order valence-corrected chi connectivity index (χ3v) is 10.3. The lowest BCUT2D eigenvalue weighted by Crippen LogP contribution is -2.47. The zero-order valence-corrected chi connectivity index (χ0v) is 20.4. The van der Waals surface area contributed by atoms with Gasteiger partial charge in [0.2, 0.25) is 0 Å². The molecule has 0 saturated heterocycles. The smallest absolute Gasteiger partial charge is 0.136 e. The van der Waals surface area contributed by atoms with Crippen molar-refractivity contribution in [2.45, 2.75) is 92.9 Å². The minimum absolute atomic E-state index is 0.220. The van der Waals surface area contributed by atoms with E-state index in [0.717, 1.165) is 37.0 Å². The Kier molecular flexibility index (Phi) is 5.74. The minimum Gasteiger partial charge on any atom is -0.299 e. The van der Waals surface area contributed by atoms with Crippen LogP contribution < -0.4 is 0 Å². The lowest BCUT2D eigenvalue weighted by Gasteiger charge is -2.54. The van der Waals surface area contributed by atoms with Crippen LogP contribution >= 0.6 is 0 Å². The fraction of sp³-hybridized carbons (Fsp3) is 0.759. The van der Waals surface area contributed by atoms with Gasteiger partial charge in [0, 0.05) is 12.3 Å². The van der Waals surface area contributed by atoms with Crippen LogP contribution in [0.3, 0.4) is 0 Å². The number of ketones is 1. The largest absolute Gasteiger partial charge is 0.299 e. The highest BCUT2D eigenvalue weighted by molar-refractivity contribution is 5.82. The first-order valence-corrected chi connectivity index (χ1v) is 12.7. The zero-order chi connectivity index (χ0) is 21.8. The molecule has 0 aromatic rings. The first-order valence-electron chi connectivity index (χ1n) is 12.7. The molecule has 0 aromatic carbocycles. The predicted molar refractivity (Wildman–Crippen MR) is 127 cm³/mol. The molecule has 2 fully saturated rings. The average molecular weight is 409 g/mol. The molecule has 7 atom stereocenters. The quantitative estimate of drug-likeness (QED) is 0.422. The fourth-order valence-corrected chi connectivity index (χ4v) is 7.97. The van der Waals surface area contributed by atoms with Crippen molar-refractivity contribution in [2.24, 2.45) is 46.3 Å². The molecule has 0 bridgehead atoms. The van der Waals surface area contributed by atoms with Crippen LogP contribution in [0, 0.1) is 46.3 Å². The van der Waals surface area contributed by atoms with Crippen molar-refractivity contribution in [1.82, 2.24) is 0 Å². The van der Waals surface area contributed by atoms with Gasteiger partial charge in [-0.15, -0.1) is 0 Å². The van der Waals surface area contributed by atoms with Gasteiger partial charge in [-0.1, -0.05) is 65.8 Å². The van der Waals surface area contributed by atoms with Crippen molar-refractivity contribution in [1.29, 1.82) is 0 Å². The van der Waals surface area contributed by atoms with Crippen LogP contribution in [0.2, 0.25) is 0 Å². The van der Waals surface area contributed by atoms with Gasteiger partial charge in [-0.25, -0.2) is 0 Å². The van der Waals surface area contributed by atoms with E-state index in [9.17, 15) is 4.79 Å². The summed E-state index contributed by atoms with van der Waals surface area (Å²) in [7, 11) is 0. The Labute approximate surface area is 185 Å².